The largest absolute Gasteiger partial charge is 0.370 e. The fourth-order valence-corrected chi connectivity index (χ4v) is 6.32. The van der Waals surface area contributed by atoms with Gasteiger partial charge in [-0.05, 0) is 60.1 Å². The Morgan fingerprint density at radius 2 is 1.70 bits per heavy atom. The second kappa shape index (κ2) is 14.9. The molecule has 0 radical (unpaired) electrons. The highest BCUT2D eigenvalue weighted by Gasteiger charge is 2.34. The van der Waals surface area contributed by atoms with Crippen LogP contribution in [0.1, 0.15) is 55.7 Å². The molecule has 3 atom stereocenters. The number of nitrogens with one attached hydrogen (secondary N) is 3. The first kappa shape index (κ1) is 34.6. The van der Waals surface area contributed by atoms with Crippen molar-refractivity contribution in [3.63, 3.8) is 0 Å². The zero-order chi connectivity index (χ0) is 33.5. The smallest absolute Gasteiger partial charge is 0.329 e. The number of hydrogen-bond donors (Lipinski definition) is 6. The maximum absolute atomic E-state index is 13.3. The van der Waals surface area contributed by atoms with Crippen molar-refractivity contribution in [1.29, 1.82) is 0 Å². The fourth-order valence-electron chi connectivity index (χ4n) is 5.63. The molecule has 1 aliphatic rings. The number of amides is 4. The third-order valence-corrected chi connectivity index (χ3v) is 8.82. The summed E-state index contributed by atoms with van der Waals surface area (Å²) in [6, 6.07) is 19.6. The molecular formula is C34H41N4O7P. The van der Waals surface area contributed by atoms with E-state index in [-0.39, 0.29) is 18.9 Å². The molecule has 0 spiro atoms. The molecule has 3 aromatic rings. The Balaban J connectivity index is 1.68. The Labute approximate surface area is 268 Å². The van der Waals surface area contributed by atoms with Crippen LogP contribution in [0.2, 0.25) is 0 Å². The van der Waals surface area contributed by atoms with Gasteiger partial charge in [0.1, 0.15) is 11.6 Å². The fraction of sp³-hybridized carbons (Fsp3) is 0.353. The Bertz CT molecular complexity index is 1660. The zero-order valence-electron chi connectivity index (χ0n) is 25.9. The second-order valence-electron chi connectivity index (χ2n) is 12.4. The van der Waals surface area contributed by atoms with Crippen molar-refractivity contribution in [2.24, 2.45) is 11.7 Å². The molecule has 0 aromatic heterocycles. The molecule has 12 heteroatoms. The predicted octanol–water partition coefficient (Wildman–Crippen LogP) is 3.18. The number of allylic oxidation sites excluding steroid dienone is 2. The lowest BCUT2D eigenvalue weighted by atomic mass is 9.90. The van der Waals surface area contributed by atoms with E-state index < -0.39 is 61.3 Å². The highest BCUT2D eigenvalue weighted by atomic mass is 31.2. The zero-order valence-corrected chi connectivity index (χ0v) is 26.8. The van der Waals surface area contributed by atoms with Gasteiger partial charge in [-0.15, -0.1) is 0 Å². The van der Waals surface area contributed by atoms with E-state index in [2.05, 4.69) is 22.0 Å². The van der Waals surface area contributed by atoms with Crippen LogP contribution < -0.4 is 21.7 Å². The summed E-state index contributed by atoms with van der Waals surface area (Å²) in [6.07, 6.45) is 4.23. The van der Waals surface area contributed by atoms with Crippen LogP contribution >= 0.6 is 7.60 Å². The molecule has 0 unspecified atom stereocenters. The molecule has 0 bridgehead atoms. The molecule has 7 N–H and O–H groups in total. The summed E-state index contributed by atoms with van der Waals surface area (Å²) in [6.45, 7) is 3.25. The monoisotopic (exact) mass is 648 g/mol. The first-order valence-electron chi connectivity index (χ1n) is 15.1. The van der Waals surface area contributed by atoms with Crippen molar-refractivity contribution in [3.05, 3.63) is 95.6 Å². The molecule has 0 saturated carbocycles. The number of carbonyl (C=O) groups excluding carboxylic acids is 4. The number of hydrogen-bond acceptors (Lipinski definition) is 5. The maximum Gasteiger partial charge on any atom is 0.329 e. The molecular weight excluding hydrogens is 607 g/mol. The van der Waals surface area contributed by atoms with Gasteiger partial charge in [-0.25, -0.2) is 0 Å². The van der Waals surface area contributed by atoms with Crippen molar-refractivity contribution in [2.75, 3.05) is 6.54 Å². The second-order valence-corrected chi connectivity index (χ2v) is 14.0. The summed E-state index contributed by atoms with van der Waals surface area (Å²) >= 11 is 0. The van der Waals surface area contributed by atoms with Crippen LogP contribution in [0.4, 0.5) is 0 Å². The number of primary amides is 1. The lowest BCUT2D eigenvalue weighted by Crippen LogP contribution is -2.59. The van der Waals surface area contributed by atoms with Gasteiger partial charge in [0.05, 0.1) is 12.6 Å². The van der Waals surface area contributed by atoms with Gasteiger partial charge in [-0.2, -0.15) is 0 Å². The highest BCUT2D eigenvalue weighted by Crippen LogP contribution is 2.39. The standard InChI is InChI=1S/C34H41N4O7P/c1-34(2)33(42)37-29(19-30(35)39)32(41)36-20-23(17-27-11-6-9-25-8-3-4-12-28(25)27)7-5-10-26(18-31(40)38-34)24-15-13-22(14-16-24)21-46(43,44)45/h3-6,8-16,23,26,29H,7,17-21H2,1-2H3,(H2,35,39)(H,36,41)(H,37,42)(H,38,40)(H2,43,44,45)/b10-5+/t23-,26-,29-/m0/s1. The van der Waals surface area contributed by atoms with E-state index in [0.717, 1.165) is 21.9 Å². The molecule has 3 aromatic carbocycles. The molecule has 0 aliphatic carbocycles. The summed E-state index contributed by atoms with van der Waals surface area (Å²) in [5.41, 5.74) is 6.31. The molecule has 244 valence electrons. The first-order chi connectivity index (χ1) is 21.7. The minimum atomic E-state index is -4.25. The topological polar surface area (TPSA) is 188 Å². The van der Waals surface area contributed by atoms with Crippen LogP contribution in [0.25, 0.3) is 10.8 Å². The summed E-state index contributed by atoms with van der Waals surface area (Å²) in [4.78, 5) is 70.4. The molecule has 1 heterocycles. The summed E-state index contributed by atoms with van der Waals surface area (Å²) in [5, 5.41) is 10.4. The Hall–Kier alpha value is -4.31. The Morgan fingerprint density at radius 3 is 2.39 bits per heavy atom. The summed E-state index contributed by atoms with van der Waals surface area (Å²) in [5.74, 6) is -2.89. The minimum absolute atomic E-state index is 0.0130. The third-order valence-electron chi connectivity index (χ3n) is 8.04. The first-order valence-corrected chi connectivity index (χ1v) is 16.9. The molecule has 1 aliphatic heterocycles. The lowest BCUT2D eigenvalue weighted by Gasteiger charge is -2.28. The van der Waals surface area contributed by atoms with Gasteiger partial charge in [0, 0.05) is 18.9 Å². The normalized spacial score (nSPS) is 22.1. The minimum Gasteiger partial charge on any atom is -0.370 e. The third kappa shape index (κ3) is 9.84. The van der Waals surface area contributed by atoms with Crippen LogP contribution in [0.5, 0.6) is 0 Å². The predicted molar refractivity (Wildman–Crippen MR) is 175 cm³/mol. The molecule has 0 saturated heterocycles. The lowest BCUT2D eigenvalue weighted by molar-refractivity contribution is -0.136. The maximum atomic E-state index is 13.3. The number of carbonyl (C=O) groups is 4. The van der Waals surface area contributed by atoms with Crippen LogP contribution in [-0.2, 0) is 36.3 Å². The van der Waals surface area contributed by atoms with Crippen LogP contribution in [0.3, 0.4) is 0 Å². The van der Waals surface area contributed by atoms with E-state index in [4.69, 9.17) is 5.73 Å². The van der Waals surface area contributed by atoms with Gasteiger partial charge < -0.3 is 31.5 Å². The van der Waals surface area contributed by atoms with Crippen LogP contribution in [0, 0.1) is 5.92 Å². The van der Waals surface area contributed by atoms with E-state index in [0.29, 0.717) is 18.4 Å². The van der Waals surface area contributed by atoms with E-state index in [9.17, 15) is 33.5 Å². The number of rotatable bonds is 7. The molecule has 11 nitrogen and oxygen atoms in total. The highest BCUT2D eigenvalue weighted by molar-refractivity contribution is 7.50. The molecule has 0 fully saturated rings. The van der Waals surface area contributed by atoms with Gasteiger partial charge in [0.2, 0.25) is 23.6 Å². The molecule has 46 heavy (non-hydrogen) atoms. The van der Waals surface area contributed by atoms with Gasteiger partial charge in [-0.1, -0.05) is 78.9 Å². The Kier molecular flexibility index (Phi) is 11.2. The number of fused-ring (bicyclic) bond motifs is 1. The van der Waals surface area contributed by atoms with E-state index in [1.165, 1.54) is 13.8 Å². The van der Waals surface area contributed by atoms with Crippen molar-refractivity contribution in [3.8, 4) is 0 Å². The van der Waals surface area contributed by atoms with Crippen molar-refractivity contribution in [2.45, 2.75) is 63.2 Å². The average Bonchev–Trinajstić information content (AvgIpc) is 2.97. The van der Waals surface area contributed by atoms with E-state index in [1.54, 1.807) is 24.3 Å². The summed E-state index contributed by atoms with van der Waals surface area (Å²) < 4.78 is 11.5. The van der Waals surface area contributed by atoms with Gasteiger partial charge in [0.15, 0.2) is 0 Å². The van der Waals surface area contributed by atoms with Crippen molar-refractivity contribution >= 4 is 42.0 Å². The SMILES string of the molecule is CC1(C)NC(=O)C[C@@H](c2ccc(CP(=O)(O)O)cc2)/C=C/C[C@@H](Cc2cccc3ccccc23)CNC(=O)[C@H](CC(N)=O)NC1=O. The van der Waals surface area contributed by atoms with Gasteiger partial charge >= 0.3 is 7.60 Å². The number of nitrogens with two attached hydrogens (primary N) is 1. The molecule has 4 rings (SSSR count). The number of benzene rings is 3. The van der Waals surface area contributed by atoms with Crippen LogP contribution in [0.15, 0.2) is 78.9 Å². The average molecular weight is 649 g/mol. The van der Waals surface area contributed by atoms with Crippen molar-refractivity contribution in [1.82, 2.24) is 16.0 Å². The van der Waals surface area contributed by atoms with Crippen molar-refractivity contribution < 1.29 is 33.5 Å². The van der Waals surface area contributed by atoms with E-state index >= 15 is 0 Å². The Morgan fingerprint density at radius 1 is 1.00 bits per heavy atom. The van der Waals surface area contributed by atoms with Gasteiger partial charge in [0.25, 0.3) is 0 Å². The molecule has 4 amide bonds. The van der Waals surface area contributed by atoms with Crippen LogP contribution in [-0.4, -0.2) is 51.5 Å². The quantitative estimate of drug-likeness (QED) is 0.168. The van der Waals surface area contributed by atoms with E-state index in [1.807, 2.05) is 48.6 Å². The van der Waals surface area contributed by atoms with Gasteiger partial charge in [-0.3, -0.25) is 23.7 Å². The summed E-state index contributed by atoms with van der Waals surface area (Å²) in [7, 11) is -4.25.